The summed E-state index contributed by atoms with van der Waals surface area (Å²) in [6, 6.07) is 0. The van der Waals surface area contributed by atoms with Gasteiger partial charge >= 0.3 is 0 Å². The number of hydrogen-bond acceptors (Lipinski definition) is 1. The van der Waals surface area contributed by atoms with Crippen LogP contribution in [-0.2, 0) is 0 Å². The van der Waals surface area contributed by atoms with Crippen LogP contribution in [0.5, 0.6) is 0 Å². The second-order valence-electron chi connectivity index (χ2n) is 7.56. The summed E-state index contributed by atoms with van der Waals surface area (Å²) in [5, 5.41) is 0. The van der Waals surface area contributed by atoms with Gasteiger partial charge in [0.1, 0.15) is 0 Å². The van der Waals surface area contributed by atoms with E-state index in [1.165, 1.54) is 32.2 Å². The molecule has 17 heavy (non-hydrogen) atoms. The van der Waals surface area contributed by atoms with Gasteiger partial charge in [0.25, 0.3) is 0 Å². The molecular weight excluding hydrogens is 206 g/mol. The Morgan fingerprint density at radius 1 is 1.00 bits per heavy atom. The molecule has 0 saturated carbocycles. The predicted molar refractivity (Wildman–Crippen MR) is 79.5 cm³/mol. The van der Waals surface area contributed by atoms with Crippen molar-refractivity contribution in [1.29, 1.82) is 0 Å². The first kappa shape index (κ1) is 17.0. The Labute approximate surface area is 110 Å². The van der Waals surface area contributed by atoms with E-state index in [9.17, 15) is 0 Å². The van der Waals surface area contributed by atoms with Gasteiger partial charge in [-0.1, -0.05) is 40.5 Å². The fourth-order valence-corrected chi connectivity index (χ4v) is 1.77. The lowest BCUT2D eigenvalue weighted by Gasteiger charge is -2.35. The Morgan fingerprint density at radius 2 is 1.53 bits per heavy atom. The molecule has 0 aromatic rings. The third-order valence-electron chi connectivity index (χ3n) is 4.28. The molecular formula is C16H35N. The van der Waals surface area contributed by atoms with Crippen molar-refractivity contribution in [2.45, 2.75) is 79.7 Å². The van der Waals surface area contributed by atoms with E-state index in [4.69, 9.17) is 0 Å². The van der Waals surface area contributed by atoms with E-state index >= 15 is 0 Å². The molecule has 1 nitrogen and oxygen atoms in total. The molecule has 0 heterocycles. The topological polar surface area (TPSA) is 3.24 Å². The number of hydrogen-bond donors (Lipinski definition) is 0. The highest BCUT2D eigenvalue weighted by Gasteiger charge is 2.22. The van der Waals surface area contributed by atoms with Gasteiger partial charge in [-0.15, -0.1) is 0 Å². The zero-order chi connectivity index (χ0) is 13.7. The lowest BCUT2D eigenvalue weighted by Crippen LogP contribution is -2.39. The monoisotopic (exact) mass is 241 g/mol. The van der Waals surface area contributed by atoms with Gasteiger partial charge < -0.3 is 4.90 Å². The normalized spacial score (nSPS) is 15.4. The maximum Gasteiger partial charge on any atom is 0.0122 e. The molecule has 0 N–H and O–H groups in total. The van der Waals surface area contributed by atoms with E-state index in [-0.39, 0.29) is 0 Å². The lowest BCUT2D eigenvalue weighted by molar-refractivity contribution is 0.142. The third kappa shape index (κ3) is 7.81. The van der Waals surface area contributed by atoms with Crippen molar-refractivity contribution in [3.8, 4) is 0 Å². The fraction of sp³-hybridized carbons (Fsp3) is 1.00. The molecule has 0 aliphatic rings. The summed E-state index contributed by atoms with van der Waals surface area (Å²) in [6.07, 6.45) is 5.36. The second kappa shape index (κ2) is 6.78. The van der Waals surface area contributed by atoms with Gasteiger partial charge in [-0.25, -0.2) is 0 Å². The van der Waals surface area contributed by atoms with Gasteiger partial charge in [0.05, 0.1) is 0 Å². The Balaban J connectivity index is 4.01. The van der Waals surface area contributed by atoms with Gasteiger partial charge in [-0.05, 0) is 58.5 Å². The van der Waals surface area contributed by atoms with E-state index in [2.05, 4.69) is 60.4 Å². The molecule has 0 fully saturated rings. The standard InChI is InChI=1S/C16H35N/c1-9-14(2)10-11-16(6,7)12-13-17(8)15(3,4)5/h14H,9-13H2,1-8H3. The fourth-order valence-electron chi connectivity index (χ4n) is 1.77. The summed E-state index contributed by atoms with van der Waals surface area (Å²) in [5.74, 6) is 0.884. The van der Waals surface area contributed by atoms with Crippen molar-refractivity contribution >= 4 is 0 Å². The van der Waals surface area contributed by atoms with Crippen molar-refractivity contribution in [3.05, 3.63) is 0 Å². The minimum absolute atomic E-state index is 0.298. The molecule has 1 atom stereocenters. The van der Waals surface area contributed by atoms with Crippen molar-refractivity contribution in [2.24, 2.45) is 11.3 Å². The van der Waals surface area contributed by atoms with Crippen LogP contribution in [0, 0.1) is 11.3 Å². The maximum atomic E-state index is 2.47. The van der Waals surface area contributed by atoms with Crippen LogP contribution >= 0.6 is 0 Å². The first-order valence-corrected chi connectivity index (χ1v) is 7.30. The Morgan fingerprint density at radius 3 is 1.94 bits per heavy atom. The Hall–Kier alpha value is -0.0400. The molecule has 0 saturated heterocycles. The average molecular weight is 241 g/mol. The van der Waals surface area contributed by atoms with E-state index < -0.39 is 0 Å². The van der Waals surface area contributed by atoms with E-state index in [1.54, 1.807) is 0 Å². The lowest BCUT2D eigenvalue weighted by atomic mass is 9.81. The van der Waals surface area contributed by atoms with Crippen LogP contribution in [0.15, 0.2) is 0 Å². The molecule has 0 rings (SSSR count). The second-order valence-corrected chi connectivity index (χ2v) is 7.56. The molecule has 0 radical (unpaired) electrons. The van der Waals surface area contributed by atoms with E-state index in [0.717, 1.165) is 5.92 Å². The highest BCUT2D eigenvalue weighted by Crippen LogP contribution is 2.30. The largest absolute Gasteiger partial charge is 0.301 e. The van der Waals surface area contributed by atoms with Crippen LogP contribution in [0.25, 0.3) is 0 Å². The van der Waals surface area contributed by atoms with Crippen LogP contribution < -0.4 is 0 Å². The first-order chi connectivity index (χ1) is 7.58. The van der Waals surface area contributed by atoms with E-state index in [0.29, 0.717) is 11.0 Å². The van der Waals surface area contributed by atoms with Gasteiger partial charge in [-0.2, -0.15) is 0 Å². The first-order valence-electron chi connectivity index (χ1n) is 7.30. The number of rotatable bonds is 7. The Bertz CT molecular complexity index is 200. The summed E-state index contributed by atoms with van der Waals surface area (Å²) in [7, 11) is 2.24. The molecule has 0 aliphatic carbocycles. The van der Waals surface area contributed by atoms with Crippen LogP contribution in [0.3, 0.4) is 0 Å². The molecule has 104 valence electrons. The van der Waals surface area contributed by atoms with Crippen molar-refractivity contribution in [2.75, 3.05) is 13.6 Å². The predicted octanol–water partition coefficient (Wildman–Crippen LogP) is 4.96. The summed E-state index contributed by atoms with van der Waals surface area (Å²) >= 11 is 0. The summed E-state index contributed by atoms with van der Waals surface area (Å²) in [6.45, 7) is 17.6. The van der Waals surface area contributed by atoms with Crippen molar-refractivity contribution in [3.63, 3.8) is 0 Å². The van der Waals surface area contributed by atoms with E-state index in [1.807, 2.05) is 0 Å². The van der Waals surface area contributed by atoms with Crippen LogP contribution in [0.2, 0.25) is 0 Å². The number of nitrogens with zero attached hydrogens (tertiary/aromatic N) is 1. The van der Waals surface area contributed by atoms with Crippen LogP contribution in [0.4, 0.5) is 0 Å². The van der Waals surface area contributed by atoms with Crippen LogP contribution in [-0.4, -0.2) is 24.0 Å². The SMILES string of the molecule is CCC(C)CCC(C)(C)CCN(C)C(C)(C)C. The minimum Gasteiger partial charge on any atom is -0.301 e. The summed E-state index contributed by atoms with van der Waals surface area (Å²) < 4.78 is 0. The Kier molecular flexibility index (Phi) is 6.76. The molecule has 0 aliphatic heterocycles. The molecule has 0 spiro atoms. The molecule has 1 heteroatoms. The van der Waals surface area contributed by atoms with Gasteiger partial charge in [0.2, 0.25) is 0 Å². The van der Waals surface area contributed by atoms with Gasteiger partial charge in [0, 0.05) is 5.54 Å². The third-order valence-corrected chi connectivity index (χ3v) is 4.28. The smallest absolute Gasteiger partial charge is 0.0122 e. The molecule has 0 amide bonds. The van der Waals surface area contributed by atoms with Crippen LogP contribution in [0.1, 0.15) is 74.1 Å². The van der Waals surface area contributed by atoms with Gasteiger partial charge in [-0.3, -0.25) is 0 Å². The minimum atomic E-state index is 0.298. The molecule has 0 aromatic carbocycles. The zero-order valence-corrected chi connectivity index (χ0v) is 13.6. The van der Waals surface area contributed by atoms with Crippen molar-refractivity contribution in [1.82, 2.24) is 4.90 Å². The quantitative estimate of drug-likeness (QED) is 0.609. The average Bonchev–Trinajstić information content (AvgIpc) is 2.21. The maximum absolute atomic E-state index is 2.47. The zero-order valence-electron chi connectivity index (χ0n) is 13.6. The van der Waals surface area contributed by atoms with Crippen molar-refractivity contribution < 1.29 is 0 Å². The van der Waals surface area contributed by atoms with Gasteiger partial charge in [0.15, 0.2) is 0 Å². The molecule has 1 unspecified atom stereocenters. The summed E-state index contributed by atoms with van der Waals surface area (Å²) in [5.41, 5.74) is 0.787. The molecule has 0 bridgehead atoms. The summed E-state index contributed by atoms with van der Waals surface area (Å²) in [4.78, 5) is 2.47. The molecule has 0 aromatic heterocycles. The highest BCUT2D eigenvalue weighted by molar-refractivity contribution is 4.77. The highest BCUT2D eigenvalue weighted by atomic mass is 15.1.